The maximum Gasteiger partial charge on any atom is 2.00 e. The van der Waals surface area contributed by atoms with Gasteiger partial charge in [0.1, 0.15) is 0 Å². The third-order valence-electron chi connectivity index (χ3n) is 1.83. The van der Waals surface area contributed by atoms with Gasteiger partial charge in [0.2, 0.25) is 11.8 Å². The van der Waals surface area contributed by atoms with E-state index in [1.807, 2.05) is 0 Å². The Morgan fingerprint density at radius 2 is 1.10 bits per heavy atom. The minimum atomic E-state index is -1.28. The average Bonchev–Trinajstić information content (AvgIpc) is 2.35. The molecule has 0 unspecified atom stereocenters. The summed E-state index contributed by atoms with van der Waals surface area (Å²) in [7, 11) is 2.72. The monoisotopic (exact) mass is 308 g/mol. The molecule has 0 aromatic heterocycles. The number of carboxylic acid groups (broad SMARTS) is 2. The molecule has 0 fully saturated rings. The number of hydrogen-bond acceptors (Lipinski definition) is 6. The van der Waals surface area contributed by atoms with E-state index in [0.29, 0.717) is 0 Å². The third kappa shape index (κ3) is 14.3. The number of amides is 2. The first-order valence-electron chi connectivity index (χ1n) is 5.30. The summed E-state index contributed by atoms with van der Waals surface area (Å²) >= 11 is 0. The number of rotatable bonds is 6. The Hall–Kier alpha value is -1.87. The molecule has 0 aromatic rings. The van der Waals surface area contributed by atoms with E-state index in [2.05, 4.69) is 13.2 Å². The molecule has 9 heteroatoms. The fourth-order valence-corrected chi connectivity index (χ4v) is 0.855. The Morgan fingerprint density at radius 1 is 0.857 bits per heavy atom. The zero-order valence-electron chi connectivity index (χ0n) is 12.0. The molecule has 0 bridgehead atoms. The molecule has 0 saturated carbocycles. The van der Waals surface area contributed by atoms with Crippen molar-refractivity contribution in [1.82, 2.24) is 9.80 Å². The largest absolute Gasteiger partial charge is 2.00 e. The van der Waals surface area contributed by atoms with Gasteiger partial charge in [-0.1, -0.05) is 13.2 Å². The van der Waals surface area contributed by atoms with Crippen LogP contribution in [-0.4, -0.2) is 83.8 Å². The second kappa shape index (κ2) is 13.1. The number of hydrogen-bond donors (Lipinski definition) is 0. The van der Waals surface area contributed by atoms with Crippen molar-refractivity contribution < 1.29 is 29.4 Å². The summed E-state index contributed by atoms with van der Waals surface area (Å²) in [5, 5.41) is 19.8. The molecule has 0 aliphatic heterocycles. The predicted molar refractivity (Wildman–Crippen MR) is 71.4 cm³/mol. The van der Waals surface area contributed by atoms with Crippen LogP contribution in [0.15, 0.2) is 25.3 Å². The molecule has 2 amide bonds. The van der Waals surface area contributed by atoms with Gasteiger partial charge in [0.25, 0.3) is 0 Å². The molecule has 0 heterocycles. The van der Waals surface area contributed by atoms with E-state index in [1.54, 1.807) is 0 Å². The first-order valence-corrected chi connectivity index (χ1v) is 5.30. The minimum absolute atomic E-state index is 0. The van der Waals surface area contributed by atoms with Crippen LogP contribution in [0, 0.1) is 0 Å². The van der Waals surface area contributed by atoms with Gasteiger partial charge in [-0.3, -0.25) is 9.59 Å². The number of nitrogens with zero attached hydrogens (tertiary/aromatic N) is 2. The van der Waals surface area contributed by atoms with E-state index >= 15 is 0 Å². The number of carbonyl (C=O) groups excluding carboxylic acids is 4. The van der Waals surface area contributed by atoms with Gasteiger partial charge in [-0.25, -0.2) is 0 Å². The summed E-state index contributed by atoms with van der Waals surface area (Å²) < 4.78 is 0. The average molecular weight is 309 g/mol. The number of aliphatic carboxylic acids is 2. The van der Waals surface area contributed by atoms with E-state index in [4.69, 9.17) is 0 Å². The van der Waals surface area contributed by atoms with Gasteiger partial charge in [0.15, 0.2) is 0 Å². The molecule has 0 atom stereocenters. The van der Waals surface area contributed by atoms with Crippen LogP contribution in [0.4, 0.5) is 0 Å². The van der Waals surface area contributed by atoms with Crippen LogP contribution < -0.4 is 10.2 Å². The van der Waals surface area contributed by atoms with E-state index in [-0.39, 0.29) is 23.1 Å². The van der Waals surface area contributed by atoms with Crippen LogP contribution in [0.2, 0.25) is 0 Å². The molecule has 0 aromatic carbocycles. The number of carbonyl (C=O) groups is 4. The standard InChI is InChI=1S/2C6H9NO3.Mg/c2*1-3-5(8)7(2)4-6(9)10;/h2*3H,1,4H2,2H3,(H,9,10);/q;;+2/p-2. The van der Waals surface area contributed by atoms with Crippen molar-refractivity contribution in [3.8, 4) is 0 Å². The Balaban J connectivity index is -0.000000295. The molecule has 0 rings (SSSR count). The zero-order valence-corrected chi connectivity index (χ0v) is 13.4. The molecule has 0 radical (unpaired) electrons. The molecular formula is C12H16MgN2O6. The summed E-state index contributed by atoms with van der Waals surface area (Å²) in [4.78, 5) is 42.9. The molecular weight excluding hydrogens is 292 g/mol. The number of carboxylic acids is 2. The molecule has 0 N–H and O–H groups in total. The SMILES string of the molecule is C=CC(=O)N(C)CC(=O)[O-].C=CC(=O)N(C)CC(=O)[O-].[Mg+2]. The minimum Gasteiger partial charge on any atom is -0.548 e. The van der Waals surface area contributed by atoms with E-state index in [1.165, 1.54) is 14.1 Å². The Labute approximate surface area is 138 Å². The van der Waals surface area contributed by atoms with Crippen LogP contribution in [0.25, 0.3) is 0 Å². The van der Waals surface area contributed by atoms with Crippen LogP contribution in [0.5, 0.6) is 0 Å². The van der Waals surface area contributed by atoms with Gasteiger partial charge in [-0.15, -0.1) is 0 Å². The molecule has 0 spiro atoms. The van der Waals surface area contributed by atoms with Gasteiger partial charge in [0.05, 0.1) is 25.0 Å². The Morgan fingerprint density at radius 3 is 1.24 bits per heavy atom. The fraction of sp³-hybridized carbons (Fsp3) is 0.333. The van der Waals surface area contributed by atoms with E-state index < -0.39 is 36.8 Å². The maximum atomic E-state index is 10.6. The quantitative estimate of drug-likeness (QED) is 0.369. The summed E-state index contributed by atoms with van der Waals surface area (Å²) in [5.41, 5.74) is 0. The van der Waals surface area contributed by atoms with E-state index in [9.17, 15) is 29.4 Å². The molecule has 0 aliphatic rings. The van der Waals surface area contributed by atoms with Gasteiger partial charge >= 0.3 is 23.1 Å². The summed E-state index contributed by atoms with van der Waals surface area (Å²) in [5.74, 6) is -3.41. The fourth-order valence-electron chi connectivity index (χ4n) is 0.855. The summed E-state index contributed by atoms with van der Waals surface area (Å²) in [6, 6.07) is 0. The van der Waals surface area contributed by atoms with Crippen molar-refractivity contribution in [2.45, 2.75) is 0 Å². The van der Waals surface area contributed by atoms with Gasteiger partial charge < -0.3 is 29.6 Å². The Kier molecular flexibility index (Phi) is 15.1. The predicted octanol–water partition coefficient (Wildman–Crippen LogP) is -3.62. The van der Waals surface area contributed by atoms with Crippen molar-refractivity contribution in [2.75, 3.05) is 27.2 Å². The van der Waals surface area contributed by atoms with Crippen LogP contribution in [0.1, 0.15) is 0 Å². The van der Waals surface area contributed by atoms with E-state index in [0.717, 1.165) is 22.0 Å². The maximum absolute atomic E-state index is 10.6. The van der Waals surface area contributed by atoms with Crippen molar-refractivity contribution in [3.63, 3.8) is 0 Å². The second-order valence-corrected chi connectivity index (χ2v) is 3.54. The molecule has 21 heavy (non-hydrogen) atoms. The smallest absolute Gasteiger partial charge is 0.548 e. The normalized spacial score (nSPS) is 8.10. The van der Waals surface area contributed by atoms with Crippen molar-refractivity contribution in [1.29, 1.82) is 0 Å². The molecule has 112 valence electrons. The molecule has 8 nitrogen and oxygen atoms in total. The van der Waals surface area contributed by atoms with Crippen molar-refractivity contribution >= 4 is 46.8 Å². The van der Waals surface area contributed by atoms with Crippen LogP contribution in [-0.2, 0) is 19.2 Å². The second-order valence-electron chi connectivity index (χ2n) is 3.54. The van der Waals surface area contributed by atoms with Crippen molar-refractivity contribution in [2.24, 2.45) is 0 Å². The Bertz CT molecular complexity index is 373. The summed E-state index contributed by atoms with van der Waals surface area (Å²) in [6.07, 6.45) is 2.09. The first-order chi connectivity index (χ1) is 9.15. The molecule has 0 aliphatic carbocycles. The van der Waals surface area contributed by atoms with Crippen molar-refractivity contribution in [3.05, 3.63) is 25.3 Å². The first kappa shape index (κ1) is 24.2. The van der Waals surface area contributed by atoms with Gasteiger partial charge in [0, 0.05) is 14.1 Å². The summed E-state index contributed by atoms with van der Waals surface area (Å²) in [6.45, 7) is 5.57. The van der Waals surface area contributed by atoms with Crippen LogP contribution >= 0.6 is 0 Å². The van der Waals surface area contributed by atoms with Gasteiger partial charge in [-0.05, 0) is 12.2 Å². The van der Waals surface area contributed by atoms with Crippen LogP contribution in [0.3, 0.4) is 0 Å². The van der Waals surface area contributed by atoms with Gasteiger partial charge in [-0.2, -0.15) is 0 Å². The molecule has 0 saturated heterocycles. The number of likely N-dealkylation sites (N-methyl/N-ethyl adjacent to an activating group) is 2. The third-order valence-corrected chi connectivity index (χ3v) is 1.83. The topological polar surface area (TPSA) is 121 Å². The zero-order chi connectivity index (χ0) is 16.3.